The van der Waals surface area contributed by atoms with Crippen LogP contribution in [0.2, 0.25) is 0 Å². The van der Waals surface area contributed by atoms with Crippen molar-refractivity contribution in [3.8, 4) is 0 Å². The summed E-state index contributed by atoms with van der Waals surface area (Å²) < 4.78 is 23.0. The van der Waals surface area contributed by atoms with Gasteiger partial charge >= 0.3 is 0 Å². The molecule has 30 heavy (non-hydrogen) atoms. The number of rotatable bonds is 8. The molecule has 0 unspecified atom stereocenters. The molecule has 1 aromatic carbocycles. The molecule has 2 heterocycles. The number of nitrogens with two attached hydrogens (primary N) is 1. The Kier molecular flexibility index (Phi) is 7.77. The largest absolute Gasteiger partial charge is 0.325 e. The molecular weight excluding hydrogens is 448 g/mol. The predicted molar refractivity (Wildman–Crippen MR) is 116 cm³/mol. The van der Waals surface area contributed by atoms with E-state index < -0.39 is 10.0 Å². The minimum atomic E-state index is -3.77. The van der Waals surface area contributed by atoms with Crippen LogP contribution in [0.4, 0.5) is 10.8 Å². The van der Waals surface area contributed by atoms with E-state index in [9.17, 15) is 18.0 Å². The third-order valence-corrected chi connectivity index (χ3v) is 7.16. The minimum absolute atomic E-state index is 0.0291. The number of aromatic nitrogens is 2. The number of likely N-dealkylation sites (tertiary alicyclic amines) is 1. The fraction of sp³-hybridized carbons (Fsp3) is 0.412. The van der Waals surface area contributed by atoms with E-state index in [1.54, 1.807) is 0 Å². The van der Waals surface area contributed by atoms with E-state index in [2.05, 4.69) is 25.7 Å². The first kappa shape index (κ1) is 22.6. The minimum Gasteiger partial charge on any atom is -0.325 e. The molecule has 2 amide bonds. The maximum Gasteiger partial charge on any atom is 0.240 e. The Hall–Kier alpha value is -2.06. The van der Waals surface area contributed by atoms with Crippen LogP contribution in [0.25, 0.3) is 0 Å². The molecule has 1 aromatic heterocycles. The maximum absolute atomic E-state index is 12.1. The van der Waals surface area contributed by atoms with Gasteiger partial charge in [0, 0.05) is 5.69 Å². The number of primary sulfonamides is 1. The number of anilines is 2. The lowest BCUT2D eigenvalue weighted by Gasteiger charge is -2.25. The summed E-state index contributed by atoms with van der Waals surface area (Å²) in [5.74, 6) is -0.313. The molecule has 0 radical (unpaired) electrons. The van der Waals surface area contributed by atoms with Gasteiger partial charge in [-0.1, -0.05) is 29.5 Å². The second-order valence-electron chi connectivity index (χ2n) is 6.66. The summed E-state index contributed by atoms with van der Waals surface area (Å²) in [7, 11) is -3.77. The molecule has 0 spiro atoms. The zero-order valence-electron chi connectivity index (χ0n) is 16.0. The highest BCUT2D eigenvalue weighted by Crippen LogP contribution is 2.25. The third-order valence-electron chi connectivity index (χ3n) is 4.26. The Balaban J connectivity index is 1.43. The first-order valence-electron chi connectivity index (χ1n) is 9.21. The monoisotopic (exact) mass is 470 g/mol. The highest BCUT2D eigenvalue weighted by Gasteiger charge is 2.16. The van der Waals surface area contributed by atoms with E-state index in [-0.39, 0.29) is 22.5 Å². The van der Waals surface area contributed by atoms with Crippen LogP contribution in [0.5, 0.6) is 0 Å². The Morgan fingerprint density at radius 2 is 1.77 bits per heavy atom. The molecular formula is C17H22N6O4S3. The quantitative estimate of drug-likeness (QED) is 0.387. The van der Waals surface area contributed by atoms with E-state index in [4.69, 9.17) is 5.14 Å². The highest BCUT2D eigenvalue weighted by atomic mass is 32.2. The fourth-order valence-electron chi connectivity index (χ4n) is 2.85. The first-order valence-corrected chi connectivity index (χ1v) is 12.6. The number of benzene rings is 1. The van der Waals surface area contributed by atoms with Gasteiger partial charge in [-0.15, -0.1) is 10.2 Å². The Morgan fingerprint density at radius 1 is 1.07 bits per heavy atom. The van der Waals surface area contributed by atoms with Gasteiger partial charge in [-0.05, 0) is 50.2 Å². The summed E-state index contributed by atoms with van der Waals surface area (Å²) in [5, 5.41) is 18.8. The lowest BCUT2D eigenvalue weighted by Crippen LogP contribution is -2.36. The molecule has 1 aliphatic rings. The summed E-state index contributed by atoms with van der Waals surface area (Å²) in [6.45, 7) is 2.21. The molecule has 1 fully saturated rings. The molecule has 0 bridgehead atoms. The Bertz CT molecular complexity index is 987. The number of nitrogens with one attached hydrogen (secondary N) is 2. The normalized spacial score (nSPS) is 15.0. The molecule has 0 saturated carbocycles. The summed E-state index contributed by atoms with van der Waals surface area (Å²) in [4.78, 5) is 26.3. The molecule has 2 aromatic rings. The highest BCUT2D eigenvalue weighted by molar-refractivity contribution is 8.01. The van der Waals surface area contributed by atoms with Crippen LogP contribution in [0, 0.1) is 0 Å². The van der Waals surface area contributed by atoms with Crippen LogP contribution in [0.3, 0.4) is 0 Å². The number of piperidine rings is 1. The van der Waals surface area contributed by atoms with Gasteiger partial charge in [-0.2, -0.15) is 0 Å². The van der Waals surface area contributed by atoms with Gasteiger partial charge in [-0.25, -0.2) is 13.6 Å². The predicted octanol–water partition coefficient (Wildman–Crippen LogP) is 1.34. The van der Waals surface area contributed by atoms with E-state index in [0.29, 0.717) is 21.7 Å². The van der Waals surface area contributed by atoms with Crippen molar-refractivity contribution < 1.29 is 18.0 Å². The number of hydrogen-bond donors (Lipinski definition) is 3. The second kappa shape index (κ2) is 10.3. The van der Waals surface area contributed by atoms with E-state index in [1.807, 2.05) is 0 Å². The van der Waals surface area contributed by atoms with Crippen LogP contribution >= 0.6 is 23.1 Å². The van der Waals surface area contributed by atoms with Crippen molar-refractivity contribution in [1.29, 1.82) is 0 Å². The number of thioether (sulfide) groups is 1. The average Bonchev–Trinajstić information content (AvgIpc) is 3.14. The van der Waals surface area contributed by atoms with Gasteiger partial charge in [0.15, 0.2) is 4.34 Å². The van der Waals surface area contributed by atoms with Crippen LogP contribution in [0.15, 0.2) is 33.5 Å². The number of amides is 2. The smallest absolute Gasteiger partial charge is 0.240 e. The van der Waals surface area contributed by atoms with Crippen LogP contribution in [-0.2, 0) is 19.6 Å². The van der Waals surface area contributed by atoms with Crippen LogP contribution < -0.4 is 15.8 Å². The topological polar surface area (TPSA) is 147 Å². The van der Waals surface area contributed by atoms with Gasteiger partial charge in [-0.3, -0.25) is 19.8 Å². The summed E-state index contributed by atoms with van der Waals surface area (Å²) in [6.07, 6.45) is 3.44. The van der Waals surface area contributed by atoms with Crippen molar-refractivity contribution in [2.75, 3.05) is 36.0 Å². The standard InChI is InChI=1S/C17H22N6O4S3/c18-30(26,27)13-6-4-12(5-7-13)19-15(25)11-28-17-22-21-16(29-17)20-14(24)10-23-8-2-1-3-9-23/h4-7H,1-3,8-11H2,(H,19,25)(H2,18,26,27)(H,20,21,24). The van der Waals surface area contributed by atoms with Crippen LogP contribution in [0.1, 0.15) is 19.3 Å². The maximum atomic E-state index is 12.1. The average molecular weight is 471 g/mol. The van der Waals surface area contributed by atoms with E-state index >= 15 is 0 Å². The van der Waals surface area contributed by atoms with Crippen molar-refractivity contribution in [2.45, 2.75) is 28.5 Å². The van der Waals surface area contributed by atoms with Crippen molar-refractivity contribution in [3.05, 3.63) is 24.3 Å². The van der Waals surface area contributed by atoms with E-state index in [0.717, 1.165) is 25.9 Å². The molecule has 10 nitrogen and oxygen atoms in total. The number of carbonyl (C=O) groups is 2. The summed E-state index contributed by atoms with van der Waals surface area (Å²) >= 11 is 2.40. The Morgan fingerprint density at radius 3 is 2.43 bits per heavy atom. The number of nitrogens with zero attached hydrogens (tertiary/aromatic N) is 3. The zero-order chi connectivity index (χ0) is 21.6. The van der Waals surface area contributed by atoms with E-state index in [1.165, 1.54) is 53.8 Å². The molecule has 0 aliphatic carbocycles. The lowest BCUT2D eigenvalue weighted by molar-refractivity contribution is -0.117. The van der Waals surface area contributed by atoms with Crippen molar-refractivity contribution in [2.24, 2.45) is 5.14 Å². The van der Waals surface area contributed by atoms with Crippen molar-refractivity contribution in [3.63, 3.8) is 0 Å². The lowest BCUT2D eigenvalue weighted by atomic mass is 10.1. The fourth-order valence-corrected chi connectivity index (χ4v) is 4.93. The number of carbonyl (C=O) groups excluding carboxylic acids is 2. The van der Waals surface area contributed by atoms with Gasteiger partial charge in [0.2, 0.25) is 27.0 Å². The van der Waals surface area contributed by atoms with Crippen LogP contribution in [-0.4, -0.2) is 60.7 Å². The molecule has 13 heteroatoms. The van der Waals surface area contributed by atoms with Crippen molar-refractivity contribution >= 4 is 55.8 Å². The number of hydrogen-bond acceptors (Lipinski definition) is 9. The SMILES string of the molecule is NS(=O)(=O)c1ccc(NC(=O)CSc2nnc(NC(=O)CN3CCCCC3)s2)cc1. The molecule has 1 aliphatic heterocycles. The third kappa shape index (κ3) is 7.02. The first-order chi connectivity index (χ1) is 14.3. The van der Waals surface area contributed by atoms with Gasteiger partial charge in [0.1, 0.15) is 0 Å². The molecule has 162 valence electrons. The van der Waals surface area contributed by atoms with Crippen molar-refractivity contribution in [1.82, 2.24) is 15.1 Å². The molecule has 1 saturated heterocycles. The second-order valence-corrected chi connectivity index (χ2v) is 10.4. The van der Waals surface area contributed by atoms with Gasteiger partial charge < -0.3 is 5.32 Å². The number of sulfonamides is 1. The van der Waals surface area contributed by atoms with Gasteiger partial charge in [0.25, 0.3) is 0 Å². The summed E-state index contributed by atoms with van der Waals surface area (Å²) in [6, 6.07) is 5.57. The zero-order valence-corrected chi connectivity index (χ0v) is 18.5. The summed E-state index contributed by atoms with van der Waals surface area (Å²) in [5.41, 5.74) is 0.455. The molecule has 3 rings (SSSR count). The molecule has 4 N–H and O–H groups in total. The van der Waals surface area contributed by atoms with Gasteiger partial charge in [0.05, 0.1) is 17.2 Å². The Labute approximate surface area is 182 Å². The molecule has 0 atom stereocenters.